The van der Waals surface area contributed by atoms with Crippen molar-refractivity contribution in [2.24, 2.45) is 0 Å². The minimum atomic E-state index is -0.193. The lowest BCUT2D eigenvalue weighted by molar-refractivity contribution is -0.115. The Balaban J connectivity index is 1.84. The Morgan fingerprint density at radius 3 is 2.59 bits per heavy atom. The predicted octanol–water partition coefficient (Wildman–Crippen LogP) is 4.34. The van der Waals surface area contributed by atoms with Gasteiger partial charge in [-0.15, -0.1) is 16.4 Å². The fourth-order valence-corrected chi connectivity index (χ4v) is 5.19. The lowest BCUT2D eigenvalue weighted by atomic mass is 10.0. The number of carbonyl (C=O) groups is 1. The number of hydrogen-bond acceptors (Lipinski definition) is 6. The van der Waals surface area contributed by atoms with Crippen molar-refractivity contribution in [2.75, 3.05) is 4.90 Å². The van der Waals surface area contributed by atoms with Crippen LogP contribution < -0.4 is 10.6 Å². The molecule has 0 aliphatic carbocycles. The second-order valence-corrected chi connectivity index (χ2v) is 8.75. The van der Waals surface area contributed by atoms with Crippen molar-refractivity contribution in [3.63, 3.8) is 0 Å². The summed E-state index contributed by atoms with van der Waals surface area (Å²) in [6.45, 7) is 10.3. The third kappa shape index (κ3) is 4.62. The van der Waals surface area contributed by atoms with E-state index in [1.54, 1.807) is 16.4 Å². The van der Waals surface area contributed by atoms with E-state index < -0.39 is 0 Å². The molecule has 0 saturated heterocycles. The first kappa shape index (κ1) is 21.3. The Kier molecular flexibility index (Phi) is 6.59. The number of nitrogens with one attached hydrogen (secondary N) is 1. The number of aromatic amines is 1. The van der Waals surface area contributed by atoms with Gasteiger partial charge in [0, 0.05) is 24.6 Å². The maximum atomic E-state index is 12.5. The van der Waals surface area contributed by atoms with Crippen LogP contribution in [0.5, 0.6) is 0 Å². The van der Waals surface area contributed by atoms with Gasteiger partial charge in [-0.25, -0.2) is 14.9 Å². The lowest BCUT2D eigenvalue weighted by Gasteiger charge is -2.23. The van der Waals surface area contributed by atoms with E-state index >= 15 is 0 Å². The molecule has 154 valence electrons. The molecular formula is C20H25N5O2S2. The van der Waals surface area contributed by atoms with E-state index in [-0.39, 0.29) is 11.6 Å². The SMILES string of the molecule is CCCn1c(SCc2csc(N(C(C)=O)c3c(C)cc(C)cc3C)n2)n[nH]c1=O. The van der Waals surface area contributed by atoms with Gasteiger partial charge < -0.3 is 0 Å². The van der Waals surface area contributed by atoms with Gasteiger partial charge in [0.2, 0.25) is 5.91 Å². The average Bonchev–Trinajstić information content (AvgIpc) is 3.24. The number of aromatic nitrogens is 4. The van der Waals surface area contributed by atoms with Crippen molar-refractivity contribution in [2.45, 2.75) is 58.5 Å². The van der Waals surface area contributed by atoms with E-state index in [0.29, 0.717) is 22.6 Å². The third-order valence-electron chi connectivity index (χ3n) is 4.42. The fourth-order valence-electron chi connectivity index (χ4n) is 3.35. The van der Waals surface area contributed by atoms with Crippen molar-refractivity contribution in [3.05, 3.63) is 50.4 Å². The van der Waals surface area contributed by atoms with Crippen LogP contribution in [0.3, 0.4) is 0 Å². The molecule has 1 amide bonds. The molecule has 0 bridgehead atoms. The number of thioether (sulfide) groups is 1. The molecule has 0 spiro atoms. The molecule has 7 nitrogen and oxygen atoms in total. The van der Waals surface area contributed by atoms with Gasteiger partial charge in [0.05, 0.1) is 11.4 Å². The molecule has 0 fully saturated rings. The van der Waals surface area contributed by atoms with Gasteiger partial charge >= 0.3 is 5.69 Å². The van der Waals surface area contributed by atoms with Crippen LogP contribution in [0.15, 0.2) is 27.5 Å². The Labute approximate surface area is 178 Å². The summed E-state index contributed by atoms with van der Waals surface area (Å²) >= 11 is 2.90. The number of benzene rings is 1. The van der Waals surface area contributed by atoms with E-state index in [9.17, 15) is 9.59 Å². The summed E-state index contributed by atoms with van der Waals surface area (Å²) in [5, 5.41) is 9.85. The van der Waals surface area contributed by atoms with Gasteiger partial charge in [-0.3, -0.25) is 14.3 Å². The number of anilines is 2. The van der Waals surface area contributed by atoms with E-state index in [4.69, 9.17) is 0 Å². The summed E-state index contributed by atoms with van der Waals surface area (Å²) in [6.07, 6.45) is 0.858. The number of thiazole rings is 1. The van der Waals surface area contributed by atoms with E-state index in [0.717, 1.165) is 28.9 Å². The third-order valence-corrected chi connectivity index (χ3v) is 6.31. The van der Waals surface area contributed by atoms with E-state index in [1.807, 2.05) is 33.1 Å². The summed E-state index contributed by atoms with van der Waals surface area (Å²) in [5.74, 6) is 0.500. The smallest absolute Gasteiger partial charge is 0.274 e. The van der Waals surface area contributed by atoms with Gasteiger partial charge in [0.15, 0.2) is 10.3 Å². The summed E-state index contributed by atoms with van der Waals surface area (Å²) in [7, 11) is 0. The van der Waals surface area contributed by atoms with Crippen molar-refractivity contribution >= 4 is 39.8 Å². The highest BCUT2D eigenvalue weighted by molar-refractivity contribution is 7.98. The van der Waals surface area contributed by atoms with Gasteiger partial charge in [0.25, 0.3) is 0 Å². The molecule has 0 saturated carbocycles. The number of nitrogens with zero attached hydrogens (tertiary/aromatic N) is 4. The second-order valence-electron chi connectivity index (χ2n) is 6.97. The van der Waals surface area contributed by atoms with Crippen LogP contribution in [-0.4, -0.2) is 25.7 Å². The summed E-state index contributed by atoms with van der Waals surface area (Å²) < 4.78 is 1.64. The van der Waals surface area contributed by atoms with Crippen LogP contribution in [-0.2, 0) is 17.1 Å². The molecule has 2 aromatic heterocycles. The fraction of sp³-hybridized carbons (Fsp3) is 0.400. The molecule has 9 heteroatoms. The second kappa shape index (κ2) is 8.96. The summed E-state index contributed by atoms with van der Waals surface area (Å²) in [6, 6.07) is 4.15. The highest BCUT2D eigenvalue weighted by Gasteiger charge is 2.22. The first-order chi connectivity index (χ1) is 13.8. The number of carbonyl (C=O) groups excluding carboxylic acids is 1. The van der Waals surface area contributed by atoms with Crippen LogP contribution >= 0.6 is 23.1 Å². The van der Waals surface area contributed by atoms with Crippen LogP contribution in [0.2, 0.25) is 0 Å². The standard InChI is InChI=1S/C20H25N5O2S2/c1-6-7-24-18(27)22-23-20(24)29-11-16-10-28-19(21-16)25(15(5)26)17-13(3)8-12(2)9-14(17)4/h8-10H,6-7,11H2,1-5H3,(H,22,27). The Morgan fingerprint density at radius 2 is 1.97 bits per heavy atom. The van der Waals surface area contributed by atoms with Gasteiger partial charge in [-0.05, 0) is 38.3 Å². The number of H-pyrrole nitrogens is 1. The van der Waals surface area contributed by atoms with Crippen LogP contribution in [0, 0.1) is 20.8 Å². The topological polar surface area (TPSA) is 83.9 Å². The average molecular weight is 432 g/mol. The molecule has 0 aliphatic rings. The molecule has 1 aromatic carbocycles. The van der Waals surface area contributed by atoms with Crippen molar-refractivity contribution in [1.29, 1.82) is 0 Å². The molecule has 0 atom stereocenters. The number of amides is 1. The Morgan fingerprint density at radius 1 is 1.28 bits per heavy atom. The quantitative estimate of drug-likeness (QED) is 0.563. The molecule has 3 aromatic rings. The zero-order valence-electron chi connectivity index (χ0n) is 17.3. The molecular weight excluding hydrogens is 406 g/mol. The molecule has 0 unspecified atom stereocenters. The summed E-state index contributed by atoms with van der Waals surface area (Å²) in [4.78, 5) is 30.7. The van der Waals surface area contributed by atoms with Crippen LogP contribution in [0.4, 0.5) is 10.8 Å². The molecule has 1 N–H and O–H groups in total. The van der Waals surface area contributed by atoms with Gasteiger partial charge in [0.1, 0.15) is 0 Å². The number of hydrogen-bond donors (Lipinski definition) is 1. The van der Waals surface area contributed by atoms with Crippen molar-refractivity contribution < 1.29 is 4.79 Å². The maximum absolute atomic E-state index is 12.5. The van der Waals surface area contributed by atoms with E-state index in [2.05, 4.69) is 27.3 Å². The lowest BCUT2D eigenvalue weighted by Crippen LogP contribution is -2.24. The first-order valence-corrected chi connectivity index (χ1v) is 11.3. The zero-order valence-corrected chi connectivity index (χ0v) is 18.9. The number of aryl methyl sites for hydroxylation is 3. The molecule has 2 heterocycles. The predicted molar refractivity (Wildman–Crippen MR) is 118 cm³/mol. The van der Waals surface area contributed by atoms with Crippen molar-refractivity contribution in [3.8, 4) is 0 Å². The largest absolute Gasteiger partial charge is 0.343 e. The Hall–Kier alpha value is -2.39. The highest BCUT2D eigenvalue weighted by Crippen LogP contribution is 2.35. The summed E-state index contributed by atoms with van der Waals surface area (Å²) in [5.41, 5.74) is 4.80. The van der Waals surface area contributed by atoms with Crippen LogP contribution in [0.25, 0.3) is 0 Å². The highest BCUT2D eigenvalue weighted by atomic mass is 32.2. The first-order valence-electron chi connectivity index (χ1n) is 9.42. The molecule has 0 aliphatic heterocycles. The molecule has 29 heavy (non-hydrogen) atoms. The maximum Gasteiger partial charge on any atom is 0.343 e. The molecule has 3 rings (SSSR count). The van der Waals surface area contributed by atoms with E-state index in [1.165, 1.54) is 28.7 Å². The van der Waals surface area contributed by atoms with Gasteiger partial charge in [-0.2, -0.15) is 0 Å². The minimum Gasteiger partial charge on any atom is -0.274 e. The number of rotatable bonds is 7. The Bertz CT molecular complexity index is 1060. The van der Waals surface area contributed by atoms with Gasteiger partial charge in [-0.1, -0.05) is 36.4 Å². The minimum absolute atomic E-state index is 0.0716. The van der Waals surface area contributed by atoms with Crippen LogP contribution in [0.1, 0.15) is 42.7 Å². The molecule has 0 radical (unpaired) electrons. The van der Waals surface area contributed by atoms with Crippen molar-refractivity contribution in [1.82, 2.24) is 19.7 Å². The monoisotopic (exact) mass is 431 g/mol. The normalized spacial score (nSPS) is 11.1. The zero-order chi connectivity index (χ0) is 21.1.